The molecule has 1 spiro atoms. The van der Waals surface area contributed by atoms with E-state index in [4.69, 9.17) is 0 Å². The number of hydrogen-bond donors (Lipinski definition) is 1. The third-order valence-electron chi connectivity index (χ3n) is 7.34. The number of carbonyl (C=O) groups is 1. The molecule has 160 valence electrons. The van der Waals surface area contributed by atoms with Crippen LogP contribution < -0.4 is 10.2 Å². The van der Waals surface area contributed by atoms with Gasteiger partial charge in [0.15, 0.2) is 0 Å². The molecule has 2 heterocycles. The Balaban J connectivity index is 1.37. The highest BCUT2D eigenvalue weighted by Crippen LogP contribution is 2.46. The lowest BCUT2D eigenvalue weighted by Crippen LogP contribution is -2.54. The molecule has 1 aliphatic carbocycles. The van der Waals surface area contributed by atoms with Crippen LogP contribution >= 0.6 is 0 Å². The van der Waals surface area contributed by atoms with Gasteiger partial charge in [0.25, 0.3) is 0 Å². The van der Waals surface area contributed by atoms with E-state index in [9.17, 15) is 4.79 Å². The number of benzene rings is 2. The number of aliphatic imine (C=N–C) groups is 2. The Hall–Kier alpha value is -2.99. The summed E-state index contributed by atoms with van der Waals surface area (Å²) in [5.74, 6) is 0. The first kappa shape index (κ1) is 19.9. The lowest BCUT2D eigenvalue weighted by atomic mass is 9.69. The van der Waals surface area contributed by atoms with Crippen LogP contribution in [0.4, 0.5) is 10.5 Å². The number of nitrogens with one attached hydrogen (secondary N) is 1. The van der Waals surface area contributed by atoms with Gasteiger partial charge in [-0.15, -0.1) is 0 Å². The fourth-order valence-corrected chi connectivity index (χ4v) is 5.40. The minimum absolute atomic E-state index is 0.00109. The van der Waals surface area contributed by atoms with Crippen LogP contribution in [-0.4, -0.2) is 49.7 Å². The molecule has 0 unspecified atom stereocenters. The molecular formula is C25H29N5O. The van der Waals surface area contributed by atoms with Gasteiger partial charge in [0.1, 0.15) is 6.34 Å². The number of hydrogen-bond acceptors (Lipinski definition) is 4. The number of urea groups is 1. The molecule has 1 saturated carbocycles. The van der Waals surface area contributed by atoms with E-state index in [1.54, 1.807) is 6.34 Å². The number of carbonyl (C=O) groups excluding carboxylic acids is 1. The monoisotopic (exact) mass is 415 g/mol. The predicted octanol–water partition coefficient (Wildman–Crippen LogP) is 3.95. The van der Waals surface area contributed by atoms with E-state index in [-0.39, 0.29) is 17.1 Å². The van der Waals surface area contributed by atoms with E-state index in [1.807, 2.05) is 17.2 Å². The summed E-state index contributed by atoms with van der Waals surface area (Å²) in [5, 5.41) is 3.35. The summed E-state index contributed by atoms with van der Waals surface area (Å²) in [6.45, 7) is 1.33. The molecule has 31 heavy (non-hydrogen) atoms. The average molecular weight is 416 g/mol. The van der Waals surface area contributed by atoms with Crippen molar-refractivity contribution in [1.29, 1.82) is 0 Å². The second-order valence-electron chi connectivity index (χ2n) is 9.21. The lowest BCUT2D eigenvalue weighted by Gasteiger charge is -2.48. The first-order valence-corrected chi connectivity index (χ1v) is 11.0. The van der Waals surface area contributed by atoms with Crippen molar-refractivity contribution in [3.8, 4) is 0 Å². The van der Waals surface area contributed by atoms with Crippen LogP contribution in [0.15, 0.2) is 58.5 Å². The largest absolute Gasteiger partial charge is 0.330 e. The maximum atomic E-state index is 13.0. The minimum Gasteiger partial charge on any atom is -0.330 e. The third-order valence-corrected chi connectivity index (χ3v) is 7.34. The average Bonchev–Trinajstić information content (AvgIpc) is 2.95. The van der Waals surface area contributed by atoms with Crippen molar-refractivity contribution in [2.45, 2.75) is 43.3 Å². The van der Waals surface area contributed by atoms with Crippen molar-refractivity contribution in [2.24, 2.45) is 9.98 Å². The molecule has 2 fully saturated rings. The van der Waals surface area contributed by atoms with E-state index < -0.39 is 0 Å². The highest BCUT2D eigenvalue weighted by atomic mass is 16.2. The maximum absolute atomic E-state index is 13.0. The first-order valence-electron chi connectivity index (χ1n) is 11.0. The lowest BCUT2D eigenvalue weighted by molar-refractivity contribution is 0.0658. The number of fused-ring (bicyclic) bond motifs is 1. The van der Waals surface area contributed by atoms with Crippen LogP contribution in [0.5, 0.6) is 0 Å². The molecule has 2 aliphatic heterocycles. The summed E-state index contributed by atoms with van der Waals surface area (Å²) in [5.41, 5.74) is 4.30. The standard InChI is InChI=1S/C25H29N5O/c1-29(2)25(21-6-4-3-5-7-21)12-10-24(11-13-25)17-30(23(31)28-24)22-9-8-19-15-26-18-27-16-20(19)14-22/h3-9,14,16,18H,10-13,15,17H2,1-2H3,(H,28,31). The van der Waals surface area contributed by atoms with E-state index >= 15 is 0 Å². The smallest absolute Gasteiger partial charge is 0.322 e. The highest BCUT2D eigenvalue weighted by molar-refractivity contribution is 5.97. The van der Waals surface area contributed by atoms with Crippen molar-refractivity contribution in [1.82, 2.24) is 10.2 Å². The second kappa shape index (κ2) is 7.61. The van der Waals surface area contributed by atoms with E-state index in [1.165, 1.54) is 5.56 Å². The molecule has 2 amide bonds. The Bertz CT molecular complexity index is 1040. The molecule has 1 N–H and O–H groups in total. The van der Waals surface area contributed by atoms with Crippen molar-refractivity contribution in [3.63, 3.8) is 0 Å². The Morgan fingerprint density at radius 1 is 1.03 bits per heavy atom. The topological polar surface area (TPSA) is 60.3 Å². The molecule has 0 radical (unpaired) electrons. The number of nitrogens with zero attached hydrogens (tertiary/aromatic N) is 4. The van der Waals surface area contributed by atoms with Gasteiger partial charge in [0.05, 0.1) is 18.6 Å². The number of anilines is 1. The Kier molecular flexibility index (Phi) is 4.89. The predicted molar refractivity (Wildman–Crippen MR) is 125 cm³/mol. The first-order chi connectivity index (χ1) is 15.0. The molecule has 5 rings (SSSR count). The van der Waals surface area contributed by atoms with Gasteiger partial charge in [-0.25, -0.2) is 9.79 Å². The zero-order valence-corrected chi connectivity index (χ0v) is 18.2. The Labute approximate surface area is 183 Å². The summed E-state index contributed by atoms with van der Waals surface area (Å²) in [4.78, 5) is 25.7. The van der Waals surface area contributed by atoms with Gasteiger partial charge in [-0.3, -0.25) is 14.8 Å². The molecule has 2 aromatic rings. The molecule has 6 nitrogen and oxygen atoms in total. The van der Waals surface area contributed by atoms with E-state index in [0.717, 1.165) is 42.5 Å². The van der Waals surface area contributed by atoms with Crippen LogP contribution in [0.2, 0.25) is 0 Å². The fourth-order valence-electron chi connectivity index (χ4n) is 5.40. The van der Waals surface area contributed by atoms with Gasteiger partial charge in [0.2, 0.25) is 0 Å². The molecule has 0 atom stereocenters. The summed E-state index contributed by atoms with van der Waals surface area (Å²) < 4.78 is 0. The van der Waals surface area contributed by atoms with Gasteiger partial charge >= 0.3 is 6.03 Å². The number of amides is 2. The molecule has 1 saturated heterocycles. The van der Waals surface area contributed by atoms with Crippen molar-refractivity contribution < 1.29 is 4.79 Å². The zero-order chi connectivity index (χ0) is 21.5. The van der Waals surface area contributed by atoms with Crippen molar-refractivity contribution in [2.75, 3.05) is 25.5 Å². The fraction of sp³-hybridized carbons (Fsp3) is 0.400. The van der Waals surface area contributed by atoms with E-state index in [2.05, 4.69) is 76.8 Å². The van der Waals surface area contributed by atoms with Crippen molar-refractivity contribution in [3.05, 3.63) is 65.2 Å². The molecular weight excluding hydrogens is 386 g/mol. The van der Waals surface area contributed by atoms with Crippen molar-refractivity contribution >= 4 is 24.3 Å². The minimum atomic E-state index is -0.171. The molecule has 0 aromatic heterocycles. The summed E-state index contributed by atoms with van der Waals surface area (Å²) in [6.07, 6.45) is 7.37. The summed E-state index contributed by atoms with van der Waals surface area (Å²) >= 11 is 0. The van der Waals surface area contributed by atoms with Gasteiger partial charge in [-0.1, -0.05) is 36.4 Å². The normalized spacial score (nSPS) is 27.5. The molecule has 0 bridgehead atoms. The van der Waals surface area contributed by atoms with Crippen LogP contribution in [0.25, 0.3) is 0 Å². The second-order valence-corrected chi connectivity index (χ2v) is 9.21. The Morgan fingerprint density at radius 3 is 2.55 bits per heavy atom. The SMILES string of the molecule is CN(C)C1(c2ccccc2)CCC2(CC1)CN(c1ccc3c(c1)C=NC=NC3)C(=O)N2. The number of rotatable bonds is 3. The van der Waals surface area contributed by atoms with Gasteiger partial charge in [-0.2, -0.15) is 0 Å². The third kappa shape index (κ3) is 3.45. The molecule has 2 aromatic carbocycles. The quantitative estimate of drug-likeness (QED) is 0.825. The van der Waals surface area contributed by atoms with Crippen LogP contribution in [0.1, 0.15) is 42.4 Å². The van der Waals surface area contributed by atoms with Gasteiger partial charge in [0, 0.05) is 17.4 Å². The van der Waals surface area contributed by atoms with Crippen LogP contribution in [0, 0.1) is 0 Å². The zero-order valence-electron chi connectivity index (χ0n) is 18.2. The van der Waals surface area contributed by atoms with Gasteiger partial charge in [-0.05, 0) is 68.6 Å². The maximum Gasteiger partial charge on any atom is 0.322 e. The summed E-state index contributed by atoms with van der Waals surface area (Å²) in [7, 11) is 4.34. The van der Waals surface area contributed by atoms with E-state index in [0.29, 0.717) is 13.1 Å². The van der Waals surface area contributed by atoms with Crippen LogP contribution in [-0.2, 0) is 12.1 Å². The Morgan fingerprint density at radius 2 is 1.81 bits per heavy atom. The summed E-state index contributed by atoms with van der Waals surface area (Å²) in [6, 6.07) is 16.9. The van der Waals surface area contributed by atoms with Gasteiger partial charge < -0.3 is 5.32 Å². The molecule has 3 aliphatic rings. The highest BCUT2D eigenvalue weighted by Gasteiger charge is 2.50. The van der Waals surface area contributed by atoms with Crippen LogP contribution in [0.3, 0.4) is 0 Å². The molecule has 6 heteroatoms.